The maximum Gasteiger partial charge on any atom is 0.222 e. The summed E-state index contributed by atoms with van der Waals surface area (Å²) in [6, 6.07) is 8.65. The Labute approximate surface area is 168 Å². The lowest BCUT2D eigenvalue weighted by molar-refractivity contribution is -0.123. The first-order valence-electron chi connectivity index (χ1n) is 8.52. The molecule has 2 rings (SSSR count). The van der Waals surface area contributed by atoms with Crippen molar-refractivity contribution >= 4 is 30.7 Å². The Hall–Kier alpha value is -0.890. The van der Waals surface area contributed by atoms with Gasteiger partial charge >= 0.3 is 0 Å². The van der Waals surface area contributed by atoms with Crippen LogP contribution in [0.5, 0.6) is 0 Å². The molecule has 1 heterocycles. The van der Waals surface area contributed by atoms with Crippen molar-refractivity contribution in [1.82, 2.24) is 10.2 Å². The molecule has 150 valence electrons. The highest BCUT2D eigenvalue weighted by Crippen LogP contribution is 2.21. The van der Waals surface area contributed by atoms with Gasteiger partial charge in [0.15, 0.2) is 0 Å². The van der Waals surface area contributed by atoms with Crippen LogP contribution in [0.25, 0.3) is 0 Å². The maximum absolute atomic E-state index is 12.2. The molecule has 8 heteroatoms. The number of halogens is 2. The van der Waals surface area contributed by atoms with Gasteiger partial charge in [0.05, 0.1) is 31.8 Å². The quantitative estimate of drug-likeness (QED) is 0.685. The largest absolute Gasteiger partial charge is 0.380 e. The zero-order valence-corrected chi connectivity index (χ0v) is 17.1. The molecule has 0 aliphatic carbocycles. The zero-order chi connectivity index (χ0) is 17.4. The fourth-order valence-electron chi connectivity index (χ4n) is 2.89. The summed E-state index contributed by atoms with van der Waals surface area (Å²) in [7, 11) is 1.58. The average molecular weight is 408 g/mol. The van der Waals surface area contributed by atoms with Crippen LogP contribution in [-0.2, 0) is 14.3 Å². The number of benzene rings is 1. The third-order valence-electron chi connectivity index (χ3n) is 4.45. The number of rotatable bonds is 8. The van der Waals surface area contributed by atoms with Crippen LogP contribution in [-0.4, -0.2) is 63.4 Å². The smallest absolute Gasteiger partial charge is 0.222 e. The van der Waals surface area contributed by atoms with Crippen molar-refractivity contribution in [2.24, 2.45) is 5.73 Å². The van der Waals surface area contributed by atoms with E-state index in [4.69, 9.17) is 15.2 Å². The second-order valence-electron chi connectivity index (χ2n) is 6.18. The summed E-state index contributed by atoms with van der Waals surface area (Å²) < 4.78 is 10.6. The average Bonchev–Trinajstić information content (AvgIpc) is 2.62. The molecule has 0 aromatic heterocycles. The lowest BCUT2D eigenvalue weighted by Crippen LogP contribution is -2.44. The molecule has 2 atom stereocenters. The molecule has 26 heavy (non-hydrogen) atoms. The van der Waals surface area contributed by atoms with Gasteiger partial charge in [-0.2, -0.15) is 0 Å². The number of nitrogens with zero attached hydrogens (tertiary/aromatic N) is 1. The number of nitrogens with one attached hydrogen (secondary N) is 1. The van der Waals surface area contributed by atoms with Gasteiger partial charge in [0.2, 0.25) is 5.91 Å². The molecule has 0 radical (unpaired) electrons. The summed E-state index contributed by atoms with van der Waals surface area (Å²) in [6.07, 6.45) is 0.0581. The molecule has 0 spiro atoms. The number of morpholine rings is 1. The summed E-state index contributed by atoms with van der Waals surface area (Å²) in [6.45, 7) is 6.20. The van der Waals surface area contributed by atoms with Gasteiger partial charge in [-0.25, -0.2) is 0 Å². The Morgan fingerprint density at radius 2 is 1.88 bits per heavy atom. The van der Waals surface area contributed by atoms with E-state index in [9.17, 15) is 4.79 Å². The van der Waals surface area contributed by atoms with Crippen LogP contribution in [0.4, 0.5) is 0 Å². The highest BCUT2D eigenvalue weighted by atomic mass is 35.5. The SMILES string of the molecule is COC(CN)CC(=O)NCC(c1ccc(C)cc1)N1CCOCC1.Cl.Cl. The predicted octanol–water partition coefficient (Wildman–Crippen LogP) is 1.69. The van der Waals surface area contributed by atoms with E-state index in [1.54, 1.807) is 7.11 Å². The minimum absolute atomic E-state index is 0. The molecule has 1 aromatic carbocycles. The molecular formula is C18H31Cl2N3O3. The summed E-state index contributed by atoms with van der Waals surface area (Å²) in [4.78, 5) is 14.5. The molecule has 1 aromatic rings. The molecule has 6 nitrogen and oxygen atoms in total. The lowest BCUT2D eigenvalue weighted by atomic mass is 10.0. The van der Waals surface area contributed by atoms with Crippen molar-refractivity contribution in [3.05, 3.63) is 35.4 Å². The fraction of sp³-hybridized carbons (Fsp3) is 0.611. The van der Waals surface area contributed by atoms with E-state index < -0.39 is 0 Å². The molecule has 3 N–H and O–H groups in total. The Balaban J connectivity index is 0.00000312. The van der Waals surface area contributed by atoms with Crippen LogP contribution in [0, 0.1) is 6.92 Å². The van der Waals surface area contributed by atoms with Crippen molar-refractivity contribution in [2.75, 3.05) is 46.5 Å². The van der Waals surface area contributed by atoms with Crippen molar-refractivity contribution in [3.63, 3.8) is 0 Å². The standard InChI is InChI=1S/C18H29N3O3.2ClH/c1-14-3-5-15(6-4-14)17(21-7-9-24-10-8-21)13-20-18(22)11-16(12-19)23-2;;/h3-6,16-17H,7-13,19H2,1-2H3,(H,20,22);2*1H. The number of amides is 1. The van der Waals surface area contributed by atoms with E-state index in [-0.39, 0.29) is 49.3 Å². The Morgan fingerprint density at radius 1 is 1.27 bits per heavy atom. The number of carbonyl (C=O) groups is 1. The van der Waals surface area contributed by atoms with Crippen molar-refractivity contribution < 1.29 is 14.3 Å². The van der Waals surface area contributed by atoms with Crippen molar-refractivity contribution in [3.8, 4) is 0 Å². The monoisotopic (exact) mass is 407 g/mol. The molecule has 1 fully saturated rings. The third kappa shape index (κ3) is 7.78. The molecule has 2 unspecified atom stereocenters. The Kier molecular flexibility index (Phi) is 12.8. The summed E-state index contributed by atoms with van der Waals surface area (Å²) >= 11 is 0. The van der Waals surface area contributed by atoms with E-state index >= 15 is 0 Å². The van der Waals surface area contributed by atoms with Crippen LogP contribution in [0.1, 0.15) is 23.6 Å². The summed E-state index contributed by atoms with van der Waals surface area (Å²) in [5.41, 5.74) is 8.03. The van der Waals surface area contributed by atoms with Crippen LogP contribution in [0.3, 0.4) is 0 Å². The Morgan fingerprint density at radius 3 is 2.42 bits per heavy atom. The highest BCUT2D eigenvalue weighted by molar-refractivity contribution is 5.85. The van der Waals surface area contributed by atoms with E-state index in [2.05, 4.69) is 41.4 Å². The predicted molar refractivity (Wildman–Crippen MR) is 108 cm³/mol. The fourth-order valence-corrected chi connectivity index (χ4v) is 2.89. The number of hydrogen-bond acceptors (Lipinski definition) is 5. The first-order valence-corrected chi connectivity index (χ1v) is 8.52. The first kappa shape index (κ1) is 25.1. The molecular weight excluding hydrogens is 377 g/mol. The molecule has 0 bridgehead atoms. The topological polar surface area (TPSA) is 76.8 Å². The van der Waals surface area contributed by atoms with Gasteiger partial charge in [-0.15, -0.1) is 24.8 Å². The van der Waals surface area contributed by atoms with Crippen LogP contribution in [0.15, 0.2) is 24.3 Å². The number of nitrogens with two attached hydrogens (primary N) is 1. The second-order valence-corrected chi connectivity index (χ2v) is 6.18. The van der Waals surface area contributed by atoms with Gasteiger partial charge < -0.3 is 20.5 Å². The number of methoxy groups -OCH3 is 1. The number of ether oxygens (including phenoxy) is 2. The Bertz CT molecular complexity index is 507. The van der Waals surface area contributed by atoms with Crippen molar-refractivity contribution in [1.29, 1.82) is 0 Å². The summed E-state index contributed by atoms with van der Waals surface area (Å²) in [5, 5.41) is 3.04. The molecule has 1 saturated heterocycles. The van der Waals surface area contributed by atoms with Crippen LogP contribution in [0.2, 0.25) is 0 Å². The van der Waals surface area contributed by atoms with Gasteiger partial charge in [-0.1, -0.05) is 29.8 Å². The van der Waals surface area contributed by atoms with E-state index in [1.807, 2.05) is 0 Å². The van der Waals surface area contributed by atoms with Gasteiger partial charge in [-0.3, -0.25) is 9.69 Å². The minimum Gasteiger partial charge on any atom is -0.380 e. The third-order valence-corrected chi connectivity index (χ3v) is 4.45. The van der Waals surface area contributed by atoms with E-state index in [0.29, 0.717) is 13.1 Å². The van der Waals surface area contributed by atoms with Gasteiger partial charge in [-0.05, 0) is 12.5 Å². The minimum atomic E-state index is -0.230. The van der Waals surface area contributed by atoms with Crippen molar-refractivity contribution in [2.45, 2.75) is 25.5 Å². The van der Waals surface area contributed by atoms with Gasteiger partial charge in [0, 0.05) is 33.3 Å². The first-order chi connectivity index (χ1) is 11.6. The maximum atomic E-state index is 12.2. The second kappa shape index (κ2) is 13.3. The number of hydrogen-bond donors (Lipinski definition) is 2. The zero-order valence-electron chi connectivity index (χ0n) is 15.5. The number of carbonyl (C=O) groups excluding carboxylic acids is 1. The lowest BCUT2D eigenvalue weighted by Gasteiger charge is -2.35. The van der Waals surface area contributed by atoms with Gasteiger partial charge in [0.1, 0.15) is 0 Å². The molecule has 1 aliphatic heterocycles. The normalized spacial score (nSPS) is 16.7. The molecule has 1 aliphatic rings. The van der Waals surface area contributed by atoms with E-state index in [1.165, 1.54) is 11.1 Å². The van der Waals surface area contributed by atoms with Crippen LogP contribution >= 0.6 is 24.8 Å². The van der Waals surface area contributed by atoms with E-state index in [0.717, 1.165) is 26.3 Å². The van der Waals surface area contributed by atoms with Gasteiger partial charge in [0.25, 0.3) is 0 Å². The molecule has 1 amide bonds. The highest BCUT2D eigenvalue weighted by Gasteiger charge is 2.23. The summed E-state index contributed by atoms with van der Waals surface area (Å²) in [5.74, 6) is -0.0299. The molecule has 0 saturated carbocycles. The number of aryl methyl sites for hydroxylation is 1. The van der Waals surface area contributed by atoms with Crippen LogP contribution < -0.4 is 11.1 Å².